The standard InChI is InChI=1S/C13H21ClN2O2S/c1-3-7-16(8-4-2)19(17,18)12-5-6-13(14)11(9-12)10-15/h5-6,9H,3-4,7-8,10,15H2,1-2H3. The van der Waals surface area contributed by atoms with Crippen molar-refractivity contribution in [1.29, 1.82) is 0 Å². The van der Waals surface area contributed by atoms with Gasteiger partial charge in [0, 0.05) is 24.7 Å². The van der Waals surface area contributed by atoms with Gasteiger partial charge in [-0.2, -0.15) is 4.31 Å². The summed E-state index contributed by atoms with van der Waals surface area (Å²) in [6.07, 6.45) is 1.58. The first-order chi connectivity index (χ1) is 8.97. The van der Waals surface area contributed by atoms with E-state index < -0.39 is 10.0 Å². The van der Waals surface area contributed by atoms with Crippen LogP contribution in [0, 0.1) is 0 Å². The summed E-state index contributed by atoms with van der Waals surface area (Å²) in [7, 11) is -3.46. The van der Waals surface area contributed by atoms with E-state index in [1.807, 2.05) is 13.8 Å². The molecule has 0 aliphatic carbocycles. The van der Waals surface area contributed by atoms with Gasteiger partial charge in [0.2, 0.25) is 10.0 Å². The highest BCUT2D eigenvalue weighted by molar-refractivity contribution is 7.89. The first-order valence-corrected chi connectivity index (χ1v) is 8.27. The van der Waals surface area contributed by atoms with E-state index in [0.717, 1.165) is 12.8 Å². The average Bonchev–Trinajstić information content (AvgIpc) is 2.38. The van der Waals surface area contributed by atoms with Crippen LogP contribution in [0.5, 0.6) is 0 Å². The Labute approximate surface area is 120 Å². The van der Waals surface area contributed by atoms with Crippen LogP contribution < -0.4 is 5.73 Å². The van der Waals surface area contributed by atoms with Gasteiger partial charge < -0.3 is 5.73 Å². The van der Waals surface area contributed by atoms with Crippen LogP contribution in [0.4, 0.5) is 0 Å². The van der Waals surface area contributed by atoms with Crippen molar-refractivity contribution in [2.75, 3.05) is 13.1 Å². The molecule has 0 unspecified atom stereocenters. The fourth-order valence-electron chi connectivity index (χ4n) is 1.87. The Balaban J connectivity index is 3.17. The molecule has 2 N–H and O–H groups in total. The van der Waals surface area contributed by atoms with Crippen molar-refractivity contribution >= 4 is 21.6 Å². The van der Waals surface area contributed by atoms with Gasteiger partial charge >= 0.3 is 0 Å². The third kappa shape index (κ3) is 3.92. The zero-order valence-electron chi connectivity index (χ0n) is 11.4. The normalized spacial score (nSPS) is 12.1. The zero-order valence-corrected chi connectivity index (χ0v) is 13.0. The molecular weight excluding hydrogens is 284 g/mol. The second-order valence-electron chi connectivity index (χ2n) is 4.36. The number of sulfonamides is 1. The lowest BCUT2D eigenvalue weighted by atomic mass is 10.2. The zero-order chi connectivity index (χ0) is 14.5. The fourth-order valence-corrected chi connectivity index (χ4v) is 3.74. The van der Waals surface area contributed by atoms with Crippen LogP contribution in [0.25, 0.3) is 0 Å². The highest BCUT2D eigenvalue weighted by Gasteiger charge is 2.23. The van der Waals surface area contributed by atoms with Gasteiger partial charge in [-0.3, -0.25) is 0 Å². The fraction of sp³-hybridized carbons (Fsp3) is 0.538. The minimum Gasteiger partial charge on any atom is -0.326 e. The van der Waals surface area contributed by atoms with E-state index in [9.17, 15) is 8.42 Å². The first-order valence-electron chi connectivity index (χ1n) is 6.46. The lowest BCUT2D eigenvalue weighted by molar-refractivity contribution is 0.410. The number of halogens is 1. The molecule has 0 radical (unpaired) electrons. The van der Waals surface area contributed by atoms with E-state index in [0.29, 0.717) is 23.7 Å². The first kappa shape index (κ1) is 16.4. The summed E-state index contributed by atoms with van der Waals surface area (Å²) in [6, 6.07) is 4.69. The summed E-state index contributed by atoms with van der Waals surface area (Å²) in [5, 5.41) is 0.499. The predicted octanol–water partition coefficient (Wildman–Crippen LogP) is 2.61. The van der Waals surface area contributed by atoms with E-state index in [1.54, 1.807) is 12.1 Å². The number of benzene rings is 1. The monoisotopic (exact) mass is 304 g/mol. The Bertz CT molecular complexity index is 511. The van der Waals surface area contributed by atoms with Gasteiger partial charge in [0.05, 0.1) is 4.90 Å². The lowest BCUT2D eigenvalue weighted by Gasteiger charge is -2.21. The summed E-state index contributed by atoms with van der Waals surface area (Å²) < 4.78 is 26.6. The second-order valence-corrected chi connectivity index (χ2v) is 6.71. The third-order valence-corrected chi connectivity index (χ3v) is 5.08. The molecule has 0 heterocycles. The van der Waals surface area contributed by atoms with Crippen molar-refractivity contribution in [2.45, 2.75) is 38.1 Å². The van der Waals surface area contributed by atoms with Gasteiger partial charge in [-0.1, -0.05) is 25.4 Å². The van der Waals surface area contributed by atoms with Crippen LogP contribution in [-0.2, 0) is 16.6 Å². The molecule has 0 fully saturated rings. The molecule has 108 valence electrons. The van der Waals surface area contributed by atoms with E-state index in [1.165, 1.54) is 10.4 Å². The van der Waals surface area contributed by atoms with Crippen molar-refractivity contribution < 1.29 is 8.42 Å². The maximum Gasteiger partial charge on any atom is 0.243 e. The maximum absolute atomic E-state index is 12.5. The Morgan fingerprint density at radius 2 is 1.79 bits per heavy atom. The summed E-state index contributed by atoms with van der Waals surface area (Å²) >= 11 is 5.96. The molecular formula is C13H21ClN2O2S. The highest BCUT2D eigenvalue weighted by atomic mass is 35.5. The number of rotatable bonds is 7. The van der Waals surface area contributed by atoms with E-state index >= 15 is 0 Å². The van der Waals surface area contributed by atoms with Gasteiger partial charge in [0.25, 0.3) is 0 Å². The summed E-state index contributed by atoms with van der Waals surface area (Å²) in [5.41, 5.74) is 6.21. The summed E-state index contributed by atoms with van der Waals surface area (Å²) in [4.78, 5) is 0.263. The molecule has 4 nitrogen and oxygen atoms in total. The molecule has 0 aliphatic rings. The molecule has 0 bridgehead atoms. The van der Waals surface area contributed by atoms with Crippen LogP contribution in [-0.4, -0.2) is 25.8 Å². The quantitative estimate of drug-likeness (QED) is 0.842. The van der Waals surface area contributed by atoms with Crippen LogP contribution in [0.3, 0.4) is 0 Å². The molecule has 0 amide bonds. The van der Waals surface area contributed by atoms with Crippen molar-refractivity contribution in [3.63, 3.8) is 0 Å². The van der Waals surface area contributed by atoms with Crippen LogP contribution in [0.2, 0.25) is 5.02 Å². The minimum absolute atomic E-state index is 0.226. The number of nitrogens with two attached hydrogens (primary N) is 1. The topological polar surface area (TPSA) is 63.4 Å². The predicted molar refractivity (Wildman–Crippen MR) is 78.7 cm³/mol. The summed E-state index contributed by atoms with van der Waals surface area (Å²) in [6.45, 7) is 5.20. The van der Waals surface area contributed by atoms with Gasteiger partial charge in [-0.25, -0.2) is 8.42 Å². The Hall–Kier alpha value is -0.620. The molecule has 1 aromatic carbocycles. The number of hydrogen-bond acceptors (Lipinski definition) is 3. The van der Waals surface area contributed by atoms with Gasteiger partial charge in [-0.05, 0) is 36.6 Å². The molecule has 1 aromatic rings. The maximum atomic E-state index is 12.5. The third-order valence-electron chi connectivity index (χ3n) is 2.82. The second kappa shape index (κ2) is 7.24. The molecule has 1 rings (SSSR count). The molecule has 0 spiro atoms. The molecule has 0 atom stereocenters. The molecule has 0 aliphatic heterocycles. The molecule has 0 saturated carbocycles. The average molecular weight is 305 g/mol. The SMILES string of the molecule is CCCN(CCC)S(=O)(=O)c1ccc(Cl)c(CN)c1. The van der Waals surface area contributed by atoms with Crippen LogP contribution in [0.15, 0.2) is 23.1 Å². The van der Waals surface area contributed by atoms with Gasteiger partial charge in [0.1, 0.15) is 0 Å². The van der Waals surface area contributed by atoms with Crippen molar-refractivity contribution in [3.8, 4) is 0 Å². The largest absolute Gasteiger partial charge is 0.326 e. The van der Waals surface area contributed by atoms with E-state index in [2.05, 4.69) is 0 Å². The molecule has 0 aromatic heterocycles. The number of nitrogens with zero attached hydrogens (tertiary/aromatic N) is 1. The Morgan fingerprint density at radius 1 is 1.21 bits per heavy atom. The van der Waals surface area contributed by atoms with E-state index in [-0.39, 0.29) is 11.4 Å². The molecule has 0 saturated heterocycles. The summed E-state index contributed by atoms with van der Waals surface area (Å²) in [5.74, 6) is 0. The van der Waals surface area contributed by atoms with Gasteiger partial charge in [0.15, 0.2) is 0 Å². The van der Waals surface area contributed by atoms with Crippen molar-refractivity contribution in [2.24, 2.45) is 5.73 Å². The van der Waals surface area contributed by atoms with Gasteiger partial charge in [-0.15, -0.1) is 0 Å². The van der Waals surface area contributed by atoms with Crippen LogP contribution in [0.1, 0.15) is 32.3 Å². The van der Waals surface area contributed by atoms with Crippen molar-refractivity contribution in [3.05, 3.63) is 28.8 Å². The highest BCUT2D eigenvalue weighted by Crippen LogP contribution is 2.23. The Morgan fingerprint density at radius 3 is 2.26 bits per heavy atom. The lowest BCUT2D eigenvalue weighted by Crippen LogP contribution is -2.32. The van der Waals surface area contributed by atoms with Crippen molar-refractivity contribution in [1.82, 2.24) is 4.31 Å². The Kier molecular flexibility index (Phi) is 6.26. The molecule has 19 heavy (non-hydrogen) atoms. The van der Waals surface area contributed by atoms with E-state index in [4.69, 9.17) is 17.3 Å². The van der Waals surface area contributed by atoms with Crippen LogP contribution >= 0.6 is 11.6 Å². The smallest absolute Gasteiger partial charge is 0.243 e. The molecule has 6 heteroatoms. The minimum atomic E-state index is -3.46. The number of hydrogen-bond donors (Lipinski definition) is 1.